The summed E-state index contributed by atoms with van der Waals surface area (Å²) in [5.74, 6) is 7.14. The highest BCUT2D eigenvalue weighted by atomic mass is 32.2. The highest BCUT2D eigenvalue weighted by Crippen LogP contribution is 2.78. The molecular weight excluding hydrogens is 393 g/mol. The van der Waals surface area contributed by atoms with Gasteiger partial charge in [-0.2, -0.15) is 0 Å². The van der Waals surface area contributed by atoms with E-state index < -0.39 is 0 Å². The van der Waals surface area contributed by atoms with Crippen LogP contribution in [0.4, 0.5) is 0 Å². The van der Waals surface area contributed by atoms with E-state index in [0.29, 0.717) is 8.16 Å². The van der Waals surface area contributed by atoms with Gasteiger partial charge < -0.3 is 0 Å². The second kappa shape index (κ2) is 7.95. The predicted molar refractivity (Wildman–Crippen MR) is 125 cm³/mol. The Morgan fingerprint density at radius 2 is 0.885 bits per heavy atom. The van der Waals surface area contributed by atoms with Crippen LogP contribution in [0.5, 0.6) is 0 Å². The van der Waals surface area contributed by atoms with Gasteiger partial charge in [-0.05, 0) is 48.7 Å². The molecule has 144 valence electrons. The average Bonchev–Trinajstić information content (AvgIpc) is 3.39. The van der Waals surface area contributed by atoms with E-state index in [1.807, 2.05) is 0 Å². The Bertz CT molecular complexity index is 517. The van der Waals surface area contributed by atoms with Gasteiger partial charge in [-0.25, -0.2) is 0 Å². The second-order valence-corrected chi connectivity index (χ2v) is 14.3. The van der Waals surface area contributed by atoms with Crippen LogP contribution in [0.3, 0.4) is 0 Å². The summed E-state index contributed by atoms with van der Waals surface area (Å²) in [6.07, 6.45) is 20.1. The van der Waals surface area contributed by atoms with Crippen LogP contribution in [-0.2, 0) is 0 Å². The Kier molecular flexibility index (Phi) is 5.78. The molecule has 5 fully saturated rings. The molecule has 2 spiro atoms. The van der Waals surface area contributed by atoms with Crippen LogP contribution in [0.1, 0.15) is 64.2 Å². The van der Waals surface area contributed by atoms with Crippen molar-refractivity contribution in [2.24, 2.45) is 11.8 Å². The Labute approximate surface area is 176 Å². The fraction of sp³-hybridized carbons (Fsp3) is 0.818. The summed E-state index contributed by atoms with van der Waals surface area (Å²) in [6.45, 7) is 0. The normalized spacial score (nSPS) is 34.9. The van der Waals surface area contributed by atoms with E-state index in [9.17, 15) is 0 Å². The Morgan fingerprint density at radius 1 is 0.538 bits per heavy atom. The van der Waals surface area contributed by atoms with Crippen molar-refractivity contribution >= 4 is 47.0 Å². The maximum absolute atomic E-state index is 2.80. The van der Waals surface area contributed by atoms with Crippen LogP contribution in [0.25, 0.3) is 0 Å². The van der Waals surface area contributed by atoms with Gasteiger partial charge in [0.15, 0.2) is 0 Å². The van der Waals surface area contributed by atoms with Crippen molar-refractivity contribution in [2.45, 2.75) is 72.4 Å². The van der Waals surface area contributed by atoms with Crippen LogP contribution in [0, 0.1) is 11.8 Å². The molecule has 0 radical (unpaired) electrons. The highest BCUT2D eigenvalue weighted by molar-refractivity contribution is 8.29. The van der Waals surface area contributed by atoms with E-state index in [1.165, 1.54) is 87.2 Å². The topological polar surface area (TPSA) is 0 Å². The minimum Gasteiger partial charge on any atom is -0.136 e. The summed E-state index contributed by atoms with van der Waals surface area (Å²) in [5, 5.41) is 0. The molecule has 0 aromatic carbocycles. The molecule has 0 N–H and O–H groups in total. The lowest BCUT2D eigenvalue weighted by atomic mass is 9.75. The van der Waals surface area contributed by atoms with Gasteiger partial charge in [0.2, 0.25) is 0 Å². The van der Waals surface area contributed by atoms with Crippen LogP contribution >= 0.6 is 47.0 Å². The van der Waals surface area contributed by atoms with Gasteiger partial charge in [0.25, 0.3) is 0 Å². The number of allylic oxidation sites excluding steroid dienone is 2. The SMILES string of the molecule is C(=C1\C(=C\C2CCCCC2)C2(SCCS2)C12SCCS2)/C1CCCCC1. The smallest absolute Gasteiger partial charge is 0.114 e. The molecule has 0 bridgehead atoms. The highest BCUT2D eigenvalue weighted by Gasteiger charge is 2.70. The van der Waals surface area contributed by atoms with Crippen LogP contribution < -0.4 is 0 Å². The number of hydrogen-bond donors (Lipinski definition) is 0. The van der Waals surface area contributed by atoms with Crippen molar-refractivity contribution in [1.82, 2.24) is 0 Å². The van der Waals surface area contributed by atoms with Crippen molar-refractivity contribution in [3.05, 3.63) is 23.3 Å². The first-order valence-corrected chi connectivity index (χ1v) is 14.8. The lowest BCUT2D eigenvalue weighted by Gasteiger charge is -2.58. The molecule has 3 saturated carbocycles. The zero-order valence-electron chi connectivity index (χ0n) is 15.8. The minimum absolute atomic E-state index is 0.386. The van der Waals surface area contributed by atoms with E-state index in [-0.39, 0.29) is 0 Å². The van der Waals surface area contributed by atoms with Gasteiger partial charge in [-0.1, -0.05) is 50.7 Å². The first-order chi connectivity index (χ1) is 12.8. The van der Waals surface area contributed by atoms with Crippen molar-refractivity contribution in [3.63, 3.8) is 0 Å². The molecule has 0 amide bonds. The van der Waals surface area contributed by atoms with Gasteiger partial charge in [-0.15, -0.1) is 47.0 Å². The molecule has 2 aliphatic heterocycles. The Balaban J connectivity index is 1.52. The third kappa shape index (κ3) is 3.08. The molecule has 0 aromatic heterocycles. The monoisotopic (exact) mass is 424 g/mol. The molecule has 0 nitrogen and oxygen atoms in total. The summed E-state index contributed by atoms with van der Waals surface area (Å²) < 4.78 is 0.771. The molecule has 3 aliphatic carbocycles. The van der Waals surface area contributed by atoms with Gasteiger partial charge in [0.05, 0.1) is 0 Å². The lowest BCUT2D eigenvalue weighted by molar-refractivity contribution is 0.411. The third-order valence-corrected chi connectivity index (χ3v) is 14.7. The fourth-order valence-electron chi connectivity index (χ4n) is 5.63. The molecule has 5 aliphatic rings. The van der Waals surface area contributed by atoms with E-state index in [4.69, 9.17) is 0 Å². The fourth-order valence-corrected chi connectivity index (χ4v) is 13.7. The van der Waals surface area contributed by atoms with E-state index in [0.717, 1.165) is 11.8 Å². The maximum Gasteiger partial charge on any atom is 0.114 e. The van der Waals surface area contributed by atoms with E-state index in [2.05, 4.69) is 59.2 Å². The molecular formula is C22H32S4. The van der Waals surface area contributed by atoms with Crippen LogP contribution in [0.15, 0.2) is 23.3 Å². The zero-order chi connectivity index (χ0) is 17.5. The van der Waals surface area contributed by atoms with Crippen molar-refractivity contribution < 1.29 is 0 Å². The number of hydrogen-bond acceptors (Lipinski definition) is 4. The van der Waals surface area contributed by atoms with Crippen LogP contribution in [0.2, 0.25) is 0 Å². The molecule has 2 saturated heterocycles. The quantitative estimate of drug-likeness (QED) is 0.453. The Hall–Kier alpha value is 0.880. The van der Waals surface area contributed by atoms with Crippen molar-refractivity contribution in [2.75, 3.05) is 23.0 Å². The standard InChI is InChI=1S/C22H32S4/c1-3-7-17(8-4-1)15-19-20(16-18-9-5-2-6-10-18)22(25-13-14-26-22)21(19)23-11-12-24-21/h15-18H,1-14H2/b19-15-,20-16-. The van der Waals surface area contributed by atoms with Gasteiger partial charge in [-0.3, -0.25) is 0 Å². The number of rotatable bonds is 2. The molecule has 5 rings (SSSR count). The summed E-state index contributed by atoms with van der Waals surface area (Å²) in [7, 11) is 0. The van der Waals surface area contributed by atoms with Gasteiger partial charge in [0, 0.05) is 23.0 Å². The molecule has 26 heavy (non-hydrogen) atoms. The summed E-state index contributed by atoms with van der Waals surface area (Å²) in [5.41, 5.74) is 3.59. The first-order valence-electron chi connectivity index (χ1n) is 10.8. The summed E-state index contributed by atoms with van der Waals surface area (Å²) in [4.78, 5) is 0. The molecule has 4 heteroatoms. The maximum atomic E-state index is 2.80. The van der Waals surface area contributed by atoms with Gasteiger partial charge in [0.1, 0.15) is 8.16 Å². The first kappa shape index (κ1) is 18.9. The molecule has 0 atom stereocenters. The Morgan fingerprint density at radius 3 is 1.23 bits per heavy atom. The van der Waals surface area contributed by atoms with Crippen molar-refractivity contribution in [3.8, 4) is 0 Å². The number of fused-ring (bicyclic) bond motifs is 1. The summed E-state index contributed by atoms with van der Waals surface area (Å²) >= 11 is 9.21. The van der Waals surface area contributed by atoms with Crippen LogP contribution in [-0.4, -0.2) is 31.2 Å². The third-order valence-electron chi connectivity index (χ3n) is 6.92. The molecule has 0 aromatic rings. The number of thioether (sulfide) groups is 4. The van der Waals surface area contributed by atoms with Gasteiger partial charge >= 0.3 is 0 Å². The van der Waals surface area contributed by atoms with E-state index in [1.54, 1.807) is 11.1 Å². The molecule has 2 heterocycles. The molecule has 0 unspecified atom stereocenters. The average molecular weight is 425 g/mol. The van der Waals surface area contributed by atoms with E-state index >= 15 is 0 Å². The minimum atomic E-state index is 0.386. The zero-order valence-corrected chi connectivity index (χ0v) is 19.1. The second-order valence-electron chi connectivity index (χ2n) is 8.58. The lowest BCUT2D eigenvalue weighted by Crippen LogP contribution is -2.56. The largest absolute Gasteiger partial charge is 0.136 e. The van der Waals surface area contributed by atoms with Crippen molar-refractivity contribution in [1.29, 1.82) is 0 Å². The summed E-state index contributed by atoms with van der Waals surface area (Å²) in [6, 6.07) is 0. The predicted octanol–water partition coefficient (Wildman–Crippen LogP) is 7.37.